The van der Waals surface area contributed by atoms with Crippen LogP contribution in [0.15, 0.2) is 91.0 Å². The summed E-state index contributed by atoms with van der Waals surface area (Å²) in [5, 5.41) is 13.1. The molecule has 2 atom stereocenters. The Bertz CT molecular complexity index is 698. The maximum atomic E-state index is 10.9. The zero-order chi connectivity index (χ0) is 15.9. The Balaban J connectivity index is 1.82. The molecule has 0 saturated carbocycles. The van der Waals surface area contributed by atoms with Crippen LogP contribution in [0.2, 0.25) is 0 Å². The molecular weight excluding hydrogens is 282 g/mol. The van der Waals surface area contributed by atoms with Gasteiger partial charge in [0.25, 0.3) is 0 Å². The van der Waals surface area contributed by atoms with Crippen molar-refractivity contribution in [1.29, 1.82) is 0 Å². The SMILES string of the molecule is O[C@H](c1ccccc1)[C@@H]([NH2+]Cc1ccccc1)c1ccccc1. The molecule has 0 radical (unpaired) electrons. The van der Waals surface area contributed by atoms with Gasteiger partial charge in [0.2, 0.25) is 0 Å². The van der Waals surface area contributed by atoms with Crippen molar-refractivity contribution in [1.82, 2.24) is 0 Å². The highest BCUT2D eigenvalue weighted by molar-refractivity contribution is 5.24. The largest absolute Gasteiger partial charge is 0.382 e. The van der Waals surface area contributed by atoms with Gasteiger partial charge in [0.05, 0.1) is 0 Å². The second-order valence-electron chi connectivity index (χ2n) is 5.72. The van der Waals surface area contributed by atoms with E-state index in [-0.39, 0.29) is 6.04 Å². The Labute approximate surface area is 137 Å². The second-order valence-corrected chi connectivity index (χ2v) is 5.72. The molecule has 0 fully saturated rings. The van der Waals surface area contributed by atoms with Gasteiger partial charge in [-0.1, -0.05) is 91.0 Å². The lowest BCUT2D eigenvalue weighted by Crippen LogP contribution is -2.84. The molecule has 0 spiro atoms. The summed E-state index contributed by atoms with van der Waals surface area (Å²) in [6.07, 6.45) is -0.540. The summed E-state index contributed by atoms with van der Waals surface area (Å²) < 4.78 is 0. The van der Waals surface area contributed by atoms with Crippen LogP contribution in [0.25, 0.3) is 0 Å². The summed E-state index contributed by atoms with van der Waals surface area (Å²) in [5.41, 5.74) is 3.35. The standard InChI is InChI=1S/C21H21NO/c23-21(19-14-8-3-9-15-19)20(18-12-6-2-7-13-18)22-16-17-10-4-1-5-11-17/h1-15,20-23H,16H2/p+1/t20-,21+/m0/s1. The predicted molar refractivity (Wildman–Crippen MR) is 92.7 cm³/mol. The average Bonchev–Trinajstić information content (AvgIpc) is 2.64. The molecule has 0 aliphatic carbocycles. The Morgan fingerprint density at radius 1 is 0.652 bits per heavy atom. The van der Waals surface area contributed by atoms with Gasteiger partial charge in [-0.15, -0.1) is 0 Å². The van der Waals surface area contributed by atoms with Crippen LogP contribution in [-0.4, -0.2) is 5.11 Å². The molecule has 0 amide bonds. The molecule has 0 aliphatic heterocycles. The molecular formula is C21H22NO+. The van der Waals surface area contributed by atoms with E-state index in [1.807, 2.05) is 66.7 Å². The molecule has 116 valence electrons. The van der Waals surface area contributed by atoms with Crippen molar-refractivity contribution < 1.29 is 10.4 Å². The zero-order valence-electron chi connectivity index (χ0n) is 13.0. The summed E-state index contributed by atoms with van der Waals surface area (Å²) in [5.74, 6) is 0. The van der Waals surface area contributed by atoms with Crippen molar-refractivity contribution in [2.24, 2.45) is 0 Å². The monoisotopic (exact) mass is 304 g/mol. The van der Waals surface area contributed by atoms with E-state index in [4.69, 9.17) is 0 Å². The highest BCUT2D eigenvalue weighted by Crippen LogP contribution is 2.25. The predicted octanol–water partition coefficient (Wildman–Crippen LogP) is 3.22. The zero-order valence-corrected chi connectivity index (χ0v) is 13.0. The number of aliphatic hydroxyl groups is 1. The maximum Gasteiger partial charge on any atom is 0.142 e. The topological polar surface area (TPSA) is 36.8 Å². The van der Waals surface area contributed by atoms with Crippen LogP contribution in [-0.2, 0) is 6.54 Å². The third kappa shape index (κ3) is 4.07. The van der Waals surface area contributed by atoms with Gasteiger partial charge in [-0.05, 0) is 5.56 Å². The van der Waals surface area contributed by atoms with Crippen molar-refractivity contribution >= 4 is 0 Å². The van der Waals surface area contributed by atoms with Crippen LogP contribution >= 0.6 is 0 Å². The quantitative estimate of drug-likeness (QED) is 0.721. The number of hydrogen-bond donors (Lipinski definition) is 2. The first-order valence-electron chi connectivity index (χ1n) is 8.00. The second kappa shape index (κ2) is 7.73. The lowest BCUT2D eigenvalue weighted by Gasteiger charge is -2.22. The van der Waals surface area contributed by atoms with Crippen LogP contribution < -0.4 is 5.32 Å². The van der Waals surface area contributed by atoms with Gasteiger partial charge in [0.1, 0.15) is 18.7 Å². The third-order valence-corrected chi connectivity index (χ3v) is 4.12. The van der Waals surface area contributed by atoms with E-state index in [0.717, 1.165) is 17.7 Å². The number of hydrogen-bond acceptors (Lipinski definition) is 1. The van der Waals surface area contributed by atoms with Gasteiger partial charge in [-0.2, -0.15) is 0 Å². The van der Waals surface area contributed by atoms with E-state index >= 15 is 0 Å². The van der Waals surface area contributed by atoms with Gasteiger partial charge in [0.15, 0.2) is 0 Å². The van der Waals surface area contributed by atoms with E-state index in [1.54, 1.807) is 0 Å². The van der Waals surface area contributed by atoms with E-state index in [0.29, 0.717) is 0 Å². The first kappa shape index (κ1) is 15.5. The molecule has 3 rings (SSSR count). The fourth-order valence-electron chi connectivity index (χ4n) is 2.86. The molecule has 0 aromatic heterocycles. The van der Waals surface area contributed by atoms with Gasteiger partial charge in [-0.25, -0.2) is 0 Å². The molecule has 3 aromatic carbocycles. The fourth-order valence-corrected chi connectivity index (χ4v) is 2.86. The minimum atomic E-state index is -0.540. The van der Waals surface area contributed by atoms with Crippen LogP contribution in [0.3, 0.4) is 0 Å². The first-order valence-corrected chi connectivity index (χ1v) is 8.00. The number of rotatable bonds is 6. The van der Waals surface area contributed by atoms with Gasteiger partial charge < -0.3 is 10.4 Å². The van der Waals surface area contributed by atoms with Crippen LogP contribution in [0.1, 0.15) is 28.8 Å². The number of aliphatic hydroxyl groups excluding tert-OH is 1. The molecule has 0 saturated heterocycles. The van der Waals surface area contributed by atoms with Crippen LogP contribution in [0, 0.1) is 0 Å². The number of nitrogens with two attached hydrogens (primary N) is 1. The summed E-state index contributed by atoms with van der Waals surface area (Å²) in [6.45, 7) is 0.838. The molecule has 3 aromatic rings. The molecule has 0 heterocycles. The number of benzene rings is 3. The molecule has 23 heavy (non-hydrogen) atoms. The van der Waals surface area contributed by atoms with Crippen molar-refractivity contribution in [2.45, 2.75) is 18.7 Å². The maximum absolute atomic E-state index is 10.9. The van der Waals surface area contributed by atoms with Gasteiger partial charge >= 0.3 is 0 Å². The van der Waals surface area contributed by atoms with Crippen molar-refractivity contribution in [3.05, 3.63) is 108 Å². The van der Waals surface area contributed by atoms with E-state index in [1.165, 1.54) is 5.56 Å². The van der Waals surface area contributed by atoms with Crippen LogP contribution in [0.4, 0.5) is 0 Å². The van der Waals surface area contributed by atoms with E-state index < -0.39 is 6.10 Å². The minimum absolute atomic E-state index is 0.0289. The van der Waals surface area contributed by atoms with Gasteiger partial charge in [-0.3, -0.25) is 0 Å². The average molecular weight is 304 g/mol. The molecule has 0 unspecified atom stereocenters. The molecule has 2 heteroatoms. The Morgan fingerprint density at radius 3 is 1.70 bits per heavy atom. The van der Waals surface area contributed by atoms with Crippen molar-refractivity contribution in [3.8, 4) is 0 Å². The van der Waals surface area contributed by atoms with E-state index in [2.05, 4.69) is 29.6 Å². The molecule has 3 N–H and O–H groups in total. The van der Waals surface area contributed by atoms with Crippen molar-refractivity contribution in [2.75, 3.05) is 0 Å². The summed E-state index contributed by atoms with van der Waals surface area (Å²) >= 11 is 0. The molecule has 2 nitrogen and oxygen atoms in total. The highest BCUT2D eigenvalue weighted by Gasteiger charge is 2.25. The first-order chi connectivity index (χ1) is 11.3. The van der Waals surface area contributed by atoms with Crippen molar-refractivity contribution in [3.63, 3.8) is 0 Å². The molecule has 0 aliphatic rings. The Morgan fingerprint density at radius 2 is 1.13 bits per heavy atom. The molecule has 0 bridgehead atoms. The smallest absolute Gasteiger partial charge is 0.142 e. The van der Waals surface area contributed by atoms with E-state index in [9.17, 15) is 5.11 Å². The lowest BCUT2D eigenvalue weighted by atomic mass is 9.95. The number of quaternary nitrogens is 1. The van der Waals surface area contributed by atoms with Gasteiger partial charge in [0, 0.05) is 11.1 Å². The lowest BCUT2D eigenvalue weighted by molar-refractivity contribution is -0.719. The Hall–Kier alpha value is -2.42. The van der Waals surface area contributed by atoms with Crippen LogP contribution in [0.5, 0.6) is 0 Å². The Kier molecular flexibility index (Phi) is 5.20. The summed E-state index contributed by atoms with van der Waals surface area (Å²) in [6, 6.07) is 30.4. The highest BCUT2D eigenvalue weighted by atomic mass is 16.3. The summed E-state index contributed by atoms with van der Waals surface area (Å²) in [4.78, 5) is 0. The third-order valence-electron chi connectivity index (χ3n) is 4.12. The summed E-state index contributed by atoms with van der Waals surface area (Å²) in [7, 11) is 0. The normalized spacial score (nSPS) is 13.4. The fraction of sp³-hybridized carbons (Fsp3) is 0.143. The minimum Gasteiger partial charge on any atom is -0.382 e.